The Morgan fingerprint density at radius 3 is 2.65 bits per heavy atom. The Labute approximate surface area is 215 Å². The minimum Gasteiger partial charge on any atom is -0.381 e. The maximum absolute atomic E-state index is 13.2. The lowest BCUT2D eigenvalue weighted by Crippen LogP contribution is -2.47. The molecule has 0 spiro atoms. The number of rotatable bonds is 6. The van der Waals surface area contributed by atoms with E-state index in [-0.39, 0.29) is 18.0 Å². The maximum Gasteiger partial charge on any atom is 0.245 e. The van der Waals surface area contributed by atoms with Crippen LogP contribution in [0.5, 0.6) is 0 Å². The van der Waals surface area contributed by atoms with Crippen LogP contribution in [0.25, 0.3) is 22.5 Å². The number of amides is 1. The van der Waals surface area contributed by atoms with E-state index in [1.165, 1.54) is 0 Å². The largest absolute Gasteiger partial charge is 0.381 e. The van der Waals surface area contributed by atoms with Gasteiger partial charge in [0.05, 0.1) is 6.20 Å². The van der Waals surface area contributed by atoms with Gasteiger partial charge in [0.25, 0.3) is 0 Å². The van der Waals surface area contributed by atoms with Gasteiger partial charge in [-0.3, -0.25) is 9.89 Å². The van der Waals surface area contributed by atoms with Crippen LogP contribution < -0.4 is 10.6 Å². The number of aromatic amines is 1. The number of anilines is 3. The third kappa shape index (κ3) is 4.90. The first-order valence-electron chi connectivity index (χ1n) is 12.6. The fourth-order valence-corrected chi connectivity index (χ4v) is 5.00. The van der Waals surface area contributed by atoms with Crippen LogP contribution in [0.2, 0.25) is 0 Å². The molecule has 9 heteroatoms. The zero-order valence-corrected chi connectivity index (χ0v) is 20.6. The number of hydrogen-bond acceptors (Lipinski definition) is 7. The van der Waals surface area contributed by atoms with Gasteiger partial charge in [-0.05, 0) is 48.2 Å². The van der Waals surface area contributed by atoms with Crippen molar-refractivity contribution in [3.8, 4) is 22.5 Å². The monoisotopic (exact) mass is 495 g/mol. The molecule has 2 aromatic heterocycles. The Morgan fingerprint density at radius 2 is 1.86 bits per heavy atom. The van der Waals surface area contributed by atoms with Gasteiger partial charge in [-0.2, -0.15) is 5.10 Å². The number of fused-ring (bicyclic) bond motifs is 1. The molecule has 37 heavy (non-hydrogen) atoms. The van der Waals surface area contributed by atoms with Crippen molar-refractivity contribution in [3.63, 3.8) is 0 Å². The molecule has 2 aromatic carbocycles. The van der Waals surface area contributed by atoms with Gasteiger partial charge >= 0.3 is 0 Å². The van der Waals surface area contributed by atoms with Crippen molar-refractivity contribution in [2.24, 2.45) is 0 Å². The second-order valence-corrected chi connectivity index (χ2v) is 9.52. The predicted octanol–water partition coefficient (Wildman–Crippen LogP) is 4.25. The van der Waals surface area contributed by atoms with E-state index in [0.29, 0.717) is 31.3 Å². The minimum absolute atomic E-state index is 0.130. The summed E-state index contributed by atoms with van der Waals surface area (Å²) in [6, 6.07) is 16.1. The fourth-order valence-electron chi connectivity index (χ4n) is 5.00. The molecule has 0 bridgehead atoms. The molecule has 0 radical (unpaired) electrons. The highest BCUT2D eigenvalue weighted by Crippen LogP contribution is 2.32. The van der Waals surface area contributed by atoms with Crippen LogP contribution in [0.3, 0.4) is 0 Å². The van der Waals surface area contributed by atoms with Gasteiger partial charge in [-0.25, -0.2) is 9.97 Å². The van der Waals surface area contributed by atoms with Crippen molar-refractivity contribution in [2.45, 2.75) is 31.3 Å². The van der Waals surface area contributed by atoms with Crippen molar-refractivity contribution in [2.75, 3.05) is 30.9 Å². The molecule has 1 amide bonds. The molecule has 2 aliphatic rings. The zero-order valence-electron chi connectivity index (χ0n) is 20.6. The predicted molar refractivity (Wildman–Crippen MR) is 143 cm³/mol. The highest BCUT2D eigenvalue weighted by atomic mass is 16.5. The summed E-state index contributed by atoms with van der Waals surface area (Å²) < 4.78 is 5.45. The normalized spacial score (nSPS) is 17.2. The van der Waals surface area contributed by atoms with Crippen LogP contribution >= 0.6 is 0 Å². The molecule has 0 aliphatic carbocycles. The van der Waals surface area contributed by atoms with Crippen molar-refractivity contribution in [3.05, 3.63) is 72.7 Å². The standard InChI is InChI=1S/C28H29N7O2/c1-35(23-9-12-37-13-10-23)28(36)25-14-19-2-3-20(15-24(19)33-25)27-29-11-8-26(34-27)32-22-6-4-18(5-7-22)21-16-30-31-17-21/h2-8,11,15-17,23,25,33H,9-10,12-14H2,1H3,(H,30,31)(H,29,32,34). The molecule has 9 nitrogen and oxygen atoms in total. The number of carbonyl (C=O) groups is 1. The molecule has 6 rings (SSSR count). The number of benzene rings is 2. The van der Waals surface area contributed by atoms with Crippen LogP contribution in [-0.4, -0.2) is 63.3 Å². The summed E-state index contributed by atoms with van der Waals surface area (Å²) in [5.74, 6) is 1.46. The van der Waals surface area contributed by atoms with Gasteiger partial charge in [0.1, 0.15) is 11.9 Å². The molecule has 3 N–H and O–H groups in total. The Morgan fingerprint density at radius 1 is 1.05 bits per heavy atom. The molecule has 188 valence electrons. The van der Waals surface area contributed by atoms with Crippen LogP contribution in [-0.2, 0) is 16.0 Å². The third-order valence-electron chi connectivity index (χ3n) is 7.15. The number of likely N-dealkylation sites (N-methyl/N-ethyl adjacent to an activating group) is 1. The summed E-state index contributed by atoms with van der Waals surface area (Å²) in [6.45, 7) is 1.43. The number of hydrogen-bond donors (Lipinski definition) is 3. The van der Waals surface area contributed by atoms with Crippen LogP contribution in [0.4, 0.5) is 17.2 Å². The molecule has 2 aliphatic heterocycles. The highest BCUT2D eigenvalue weighted by molar-refractivity contribution is 5.88. The van der Waals surface area contributed by atoms with E-state index >= 15 is 0 Å². The number of carbonyl (C=O) groups excluding carboxylic acids is 1. The molecule has 1 saturated heterocycles. The third-order valence-corrected chi connectivity index (χ3v) is 7.15. The first-order chi connectivity index (χ1) is 18.1. The molecular weight excluding hydrogens is 466 g/mol. The molecule has 4 heterocycles. The smallest absolute Gasteiger partial charge is 0.245 e. The fraction of sp³-hybridized carbons (Fsp3) is 0.286. The van der Waals surface area contributed by atoms with Gasteiger partial charge in [0.15, 0.2) is 5.82 Å². The van der Waals surface area contributed by atoms with Crippen LogP contribution in [0.15, 0.2) is 67.1 Å². The van der Waals surface area contributed by atoms with Gasteiger partial charge in [0.2, 0.25) is 5.91 Å². The van der Waals surface area contributed by atoms with E-state index < -0.39 is 0 Å². The number of nitrogens with zero attached hydrogens (tertiary/aromatic N) is 4. The lowest BCUT2D eigenvalue weighted by molar-refractivity contribution is -0.134. The summed E-state index contributed by atoms with van der Waals surface area (Å²) in [4.78, 5) is 24.3. The highest BCUT2D eigenvalue weighted by Gasteiger charge is 2.32. The summed E-state index contributed by atoms with van der Waals surface area (Å²) in [5.41, 5.74) is 6.06. The molecule has 0 saturated carbocycles. The van der Waals surface area contributed by atoms with Crippen molar-refractivity contribution in [1.29, 1.82) is 0 Å². The van der Waals surface area contributed by atoms with Gasteiger partial charge < -0.3 is 20.3 Å². The Balaban J connectivity index is 1.14. The summed E-state index contributed by atoms with van der Waals surface area (Å²) in [7, 11) is 1.91. The molecule has 4 aromatic rings. The summed E-state index contributed by atoms with van der Waals surface area (Å²) in [5, 5.41) is 13.6. The van der Waals surface area contributed by atoms with E-state index in [4.69, 9.17) is 9.72 Å². The summed E-state index contributed by atoms with van der Waals surface area (Å²) in [6.07, 6.45) is 7.88. The zero-order chi connectivity index (χ0) is 25.2. The number of nitrogens with one attached hydrogen (secondary N) is 3. The van der Waals surface area contributed by atoms with Gasteiger partial charge in [0, 0.05) is 67.6 Å². The minimum atomic E-state index is -0.253. The number of ether oxygens (including phenoxy) is 1. The number of H-pyrrole nitrogens is 1. The average Bonchev–Trinajstić information content (AvgIpc) is 3.63. The van der Waals surface area contributed by atoms with Crippen LogP contribution in [0, 0.1) is 0 Å². The Bertz CT molecular complexity index is 1380. The van der Waals surface area contributed by atoms with E-state index in [1.807, 2.05) is 60.6 Å². The van der Waals surface area contributed by atoms with Crippen molar-refractivity contribution in [1.82, 2.24) is 25.1 Å². The topological polar surface area (TPSA) is 108 Å². The lowest BCUT2D eigenvalue weighted by Gasteiger charge is -2.32. The SMILES string of the molecule is CN(C(=O)C1Cc2ccc(-c3nccc(Nc4ccc(-c5cn[nH]c5)cc4)n3)cc2N1)C1CCOCC1. The summed E-state index contributed by atoms with van der Waals surface area (Å²) >= 11 is 0. The second kappa shape index (κ2) is 10.0. The van der Waals surface area contributed by atoms with E-state index in [9.17, 15) is 4.79 Å². The van der Waals surface area contributed by atoms with Gasteiger partial charge in [-0.1, -0.05) is 24.3 Å². The van der Waals surface area contributed by atoms with Gasteiger partial charge in [-0.15, -0.1) is 0 Å². The average molecular weight is 496 g/mol. The Hall–Kier alpha value is -4.24. The molecular formula is C28H29N7O2. The maximum atomic E-state index is 13.2. The van der Waals surface area contributed by atoms with E-state index in [1.54, 1.807) is 12.4 Å². The molecule has 1 atom stereocenters. The first kappa shape index (κ1) is 23.2. The second-order valence-electron chi connectivity index (χ2n) is 9.52. The van der Waals surface area contributed by atoms with Crippen molar-refractivity contribution >= 4 is 23.1 Å². The van der Waals surface area contributed by atoms with E-state index in [2.05, 4.69) is 31.9 Å². The van der Waals surface area contributed by atoms with Crippen molar-refractivity contribution < 1.29 is 9.53 Å². The Kier molecular flexibility index (Phi) is 6.28. The first-order valence-corrected chi connectivity index (χ1v) is 12.6. The van der Waals surface area contributed by atoms with Crippen LogP contribution in [0.1, 0.15) is 18.4 Å². The lowest BCUT2D eigenvalue weighted by atomic mass is 10.0. The number of aromatic nitrogens is 4. The molecule has 1 fully saturated rings. The van der Waals surface area contributed by atoms with E-state index in [0.717, 1.165) is 46.5 Å². The molecule has 1 unspecified atom stereocenters. The quantitative estimate of drug-likeness (QED) is 0.367.